The van der Waals surface area contributed by atoms with E-state index in [1.165, 1.54) is 17.3 Å². The van der Waals surface area contributed by atoms with Crippen LogP contribution in [0.4, 0.5) is 21.5 Å². The van der Waals surface area contributed by atoms with Gasteiger partial charge in [-0.15, -0.1) is 0 Å². The number of anilines is 3. The number of benzene rings is 2. The van der Waals surface area contributed by atoms with Crippen molar-refractivity contribution in [2.45, 2.75) is 6.42 Å². The molecule has 0 aromatic heterocycles. The van der Waals surface area contributed by atoms with Gasteiger partial charge in [0.1, 0.15) is 17.4 Å². The van der Waals surface area contributed by atoms with Gasteiger partial charge in [0.15, 0.2) is 0 Å². The van der Waals surface area contributed by atoms with Gasteiger partial charge in [-0.1, -0.05) is 12.1 Å². The van der Waals surface area contributed by atoms with Crippen molar-refractivity contribution in [2.75, 3.05) is 23.8 Å². The summed E-state index contributed by atoms with van der Waals surface area (Å²) >= 11 is 0. The molecule has 0 unspecified atom stereocenters. The average Bonchev–Trinajstić information content (AvgIpc) is 2.81. The van der Waals surface area contributed by atoms with Crippen LogP contribution >= 0.6 is 0 Å². The Kier molecular flexibility index (Phi) is 3.03. The Morgan fingerprint density at radius 3 is 2.95 bits per heavy atom. The molecule has 0 fully saturated rings. The highest BCUT2D eigenvalue weighted by atomic mass is 19.1. The minimum Gasteiger partial charge on any atom is -0.374 e. The highest BCUT2D eigenvalue weighted by molar-refractivity contribution is 5.72. The first-order valence-electron chi connectivity index (χ1n) is 6.49. The van der Waals surface area contributed by atoms with Gasteiger partial charge in [0.2, 0.25) is 0 Å². The summed E-state index contributed by atoms with van der Waals surface area (Å²) in [6.07, 6.45) is 1.05. The van der Waals surface area contributed by atoms with Gasteiger partial charge in [-0.2, -0.15) is 5.26 Å². The van der Waals surface area contributed by atoms with E-state index in [0.29, 0.717) is 5.69 Å². The van der Waals surface area contributed by atoms with Gasteiger partial charge >= 0.3 is 0 Å². The van der Waals surface area contributed by atoms with Crippen molar-refractivity contribution in [3.8, 4) is 6.07 Å². The Bertz CT molecular complexity index is 703. The normalized spacial score (nSPS) is 12.9. The van der Waals surface area contributed by atoms with Crippen LogP contribution in [0.3, 0.4) is 0 Å². The molecule has 0 saturated carbocycles. The molecule has 0 aliphatic carbocycles. The van der Waals surface area contributed by atoms with Crippen LogP contribution in [0, 0.1) is 17.1 Å². The van der Waals surface area contributed by atoms with Gasteiger partial charge in [-0.25, -0.2) is 4.39 Å². The molecule has 2 aromatic carbocycles. The van der Waals surface area contributed by atoms with Crippen LogP contribution in [-0.4, -0.2) is 13.6 Å². The predicted molar refractivity (Wildman–Crippen MR) is 77.8 cm³/mol. The maximum atomic E-state index is 13.6. The second-order valence-electron chi connectivity index (χ2n) is 4.91. The second kappa shape index (κ2) is 4.86. The summed E-state index contributed by atoms with van der Waals surface area (Å²) in [5.41, 5.74) is 3.90. The number of hydrogen-bond acceptors (Lipinski definition) is 3. The molecular formula is C16H14FN3. The van der Waals surface area contributed by atoms with Crippen molar-refractivity contribution in [3.63, 3.8) is 0 Å². The molecule has 20 heavy (non-hydrogen) atoms. The molecule has 0 amide bonds. The zero-order valence-electron chi connectivity index (χ0n) is 11.2. The molecule has 0 saturated heterocycles. The summed E-state index contributed by atoms with van der Waals surface area (Å²) in [5, 5.41) is 12.2. The molecule has 4 heteroatoms. The molecule has 3 nitrogen and oxygen atoms in total. The number of fused-ring (bicyclic) bond motifs is 1. The third-order valence-electron chi connectivity index (χ3n) is 3.62. The van der Waals surface area contributed by atoms with E-state index >= 15 is 0 Å². The van der Waals surface area contributed by atoms with Crippen molar-refractivity contribution < 1.29 is 4.39 Å². The van der Waals surface area contributed by atoms with E-state index < -0.39 is 5.82 Å². The lowest BCUT2D eigenvalue weighted by Crippen LogP contribution is -2.12. The standard InChI is InChI=1S/C16H14FN3/c1-20-8-7-11-5-6-12(9-16(11)20)19-15-4-2-3-14(17)13(15)10-18/h2-6,9,19H,7-8H2,1H3. The largest absolute Gasteiger partial charge is 0.374 e. The zero-order chi connectivity index (χ0) is 14.1. The molecule has 1 aliphatic heterocycles. The minimum atomic E-state index is -0.504. The smallest absolute Gasteiger partial charge is 0.143 e. The van der Waals surface area contributed by atoms with E-state index in [1.54, 1.807) is 12.1 Å². The molecule has 1 N–H and O–H groups in total. The lowest BCUT2D eigenvalue weighted by Gasteiger charge is -2.14. The third-order valence-corrected chi connectivity index (χ3v) is 3.62. The van der Waals surface area contributed by atoms with Crippen LogP contribution < -0.4 is 10.2 Å². The average molecular weight is 267 g/mol. The number of nitrogens with one attached hydrogen (secondary N) is 1. The summed E-state index contributed by atoms with van der Waals surface area (Å²) in [6.45, 7) is 1.02. The fourth-order valence-corrected chi connectivity index (χ4v) is 2.51. The Hall–Kier alpha value is -2.54. The van der Waals surface area contributed by atoms with Crippen molar-refractivity contribution in [2.24, 2.45) is 0 Å². The van der Waals surface area contributed by atoms with E-state index in [9.17, 15) is 4.39 Å². The molecule has 0 bridgehead atoms. The van der Waals surface area contributed by atoms with Gasteiger partial charge in [0, 0.05) is 25.0 Å². The molecule has 3 rings (SSSR count). The third kappa shape index (κ3) is 2.08. The van der Waals surface area contributed by atoms with Gasteiger partial charge in [-0.3, -0.25) is 0 Å². The Morgan fingerprint density at radius 2 is 2.15 bits per heavy atom. The summed E-state index contributed by atoms with van der Waals surface area (Å²) in [5.74, 6) is -0.504. The van der Waals surface area contributed by atoms with E-state index in [1.807, 2.05) is 18.2 Å². The number of nitriles is 1. The van der Waals surface area contributed by atoms with Crippen LogP contribution in [0.15, 0.2) is 36.4 Å². The van der Waals surface area contributed by atoms with E-state index in [2.05, 4.69) is 23.3 Å². The number of likely N-dealkylation sites (N-methyl/N-ethyl adjacent to an activating group) is 1. The number of hydrogen-bond donors (Lipinski definition) is 1. The molecule has 2 aromatic rings. The van der Waals surface area contributed by atoms with E-state index in [4.69, 9.17) is 5.26 Å². The topological polar surface area (TPSA) is 39.1 Å². The van der Waals surface area contributed by atoms with Gasteiger partial charge in [-0.05, 0) is 36.2 Å². The molecule has 0 radical (unpaired) electrons. The molecule has 0 atom stereocenters. The molecule has 1 aliphatic rings. The molecule has 1 heterocycles. The fourth-order valence-electron chi connectivity index (χ4n) is 2.51. The monoisotopic (exact) mass is 267 g/mol. The van der Waals surface area contributed by atoms with Gasteiger partial charge in [0.05, 0.1) is 5.69 Å². The summed E-state index contributed by atoms with van der Waals surface area (Å²) in [4.78, 5) is 2.19. The Morgan fingerprint density at radius 1 is 1.30 bits per heavy atom. The maximum absolute atomic E-state index is 13.6. The summed E-state index contributed by atoms with van der Waals surface area (Å²) < 4.78 is 13.6. The molecule has 100 valence electrons. The number of nitrogens with zero attached hydrogens (tertiary/aromatic N) is 2. The van der Waals surface area contributed by atoms with Crippen LogP contribution in [0.1, 0.15) is 11.1 Å². The Labute approximate surface area is 117 Å². The highest BCUT2D eigenvalue weighted by Gasteiger charge is 2.16. The number of rotatable bonds is 2. The first-order valence-corrected chi connectivity index (χ1v) is 6.49. The lowest BCUT2D eigenvalue weighted by atomic mass is 10.1. The van der Waals surface area contributed by atoms with Crippen molar-refractivity contribution in [3.05, 3.63) is 53.3 Å². The van der Waals surface area contributed by atoms with Crippen molar-refractivity contribution >= 4 is 17.1 Å². The second-order valence-corrected chi connectivity index (χ2v) is 4.91. The van der Waals surface area contributed by atoms with Gasteiger partial charge < -0.3 is 10.2 Å². The first-order chi connectivity index (χ1) is 9.69. The quantitative estimate of drug-likeness (QED) is 0.906. The minimum absolute atomic E-state index is 0.0429. The number of halogens is 1. The van der Waals surface area contributed by atoms with Crippen LogP contribution in [-0.2, 0) is 6.42 Å². The maximum Gasteiger partial charge on any atom is 0.143 e. The van der Waals surface area contributed by atoms with E-state index in [0.717, 1.165) is 18.7 Å². The highest BCUT2D eigenvalue weighted by Crippen LogP contribution is 2.31. The van der Waals surface area contributed by atoms with E-state index in [-0.39, 0.29) is 5.56 Å². The predicted octanol–water partition coefficient (Wildman–Crippen LogP) is 3.43. The fraction of sp³-hybridized carbons (Fsp3) is 0.188. The van der Waals surface area contributed by atoms with Crippen LogP contribution in [0.5, 0.6) is 0 Å². The van der Waals surface area contributed by atoms with Crippen molar-refractivity contribution in [1.29, 1.82) is 5.26 Å². The first kappa shape index (κ1) is 12.5. The van der Waals surface area contributed by atoms with Crippen molar-refractivity contribution in [1.82, 2.24) is 0 Å². The summed E-state index contributed by atoms with van der Waals surface area (Å²) in [6, 6.07) is 12.6. The Balaban J connectivity index is 1.95. The van der Waals surface area contributed by atoms with Crippen LogP contribution in [0.2, 0.25) is 0 Å². The molecule has 0 spiro atoms. The molecular weight excluding hydrogens is 253 g/mol. The van der Waals surface area contributed by atoms with Crippen LogP contribution in [0.25, 0.3) is 0 Å². The summed E-state index contributed by atoms with van der Waals surface area (Å²) in [7, 11) is 2.05. The lowest BCUT2D eigenvalue weighted by molar-refractivity contribution is 0.624. The van der Waals surface area contributed by atoms with Gasteiger partial charge in [0.25, 0.3) is 0 Å². The zero-order valence-corrected chi connectivity index (χ0v) is 11.2. The SMILES string of the molecule is CN1CCc2ccc(Nc3cccc(F)c3C#N)cc21.